The van der Waals surface area contributed by atoms with Gasteiger partial charge in [-0.2, -0.15) is 0 Å². The highest BCUT2D eigenvalue weighted by atomic mass is 16.5. The second kappa shape index (κ2) is 12.0. The van der Waals surface area contributed by atoms with Crippen LogP contribution in [0.3, 0.4) is 0 Å². The third-order valence-electron chi connectivity index (χ3n) is 5.82. The predicted octanol–water partition coefficient (Wildman–Crippen LogP) is 5.81. The van der Waals surface area contributed by atoms with E-state index in [9.17, 15) is 9.59 Å². The molecule has 0 radical (unpaired) electrons. The van der Waals surface area contributed by atoms with Crippen LogP contribution in [0.15, 0.2) is 66.7 Å². The summed E-state index contributed by atoms with van der Waals surface area (Å²) in [6, 6.07) is 22.2. The van der Waals surface area contributed by atoms with Crippen LogP contribution in [0.2, 0.25) is 0 Å². The Hall–Kier alpha value is -3.60. The van der Waals surface area contributed by atoms with E-state index in [1.54, 1.807) is 0 Å². The van der Waals surface area contributed by atoms with Crippen molar-refractivity contribution in [3.05, 3.63) is 94.5 Å². The summed E-state index contributed by atoms with van der Waals surface area (Å²) in [5.41, 5.74) is 7.46. The largest absolute Gasteiger partial charge is 0.466 e. The molecule has 3 rings (SSSR count). The maximum absolute atomic E-state index is 13.0. The first-order valence-corrected chi connectivity index (χ1v) is 11.8. The molecule has 1 N–H and O–H groups in total. The molecule has 3 aromatic rings. The Balaban J connectivity index is 1.84. The summed E-state index contributed by atoms with van der Waals surface area (Å²) >= 11 is 0. The van der Waals surface area contributed by atoms with E-state index in [0.717, 1.165) is 38.9 Å². The van der Waals surface area contributed by atoms with Crippen LogP contribution in [0.4, 0.5) is 4.79 Å². The van der Waals surface area contributed by atoms with Crippen LogP contribution in [0, 0.1) is 13.8 Å². The molecule has 34 heavy (non-hydrogen) atoms. The molecule has 2 amide bonds. The van der Waals surface area contributed by atoms with Crippen molar-refractivity contribution >= 4 is 12.0 Å². The molecule has 0 spiro atoms. The number of amides is 2. The molecule has 0 saturated heterocycles. The molecule has 0 aromatic heterocycles. The van der Waals surface area contributed by atoms with E-state index in [1.165, 1.54) is 0 Å². The minimum Gasteiger partial charge on any atom is -0.466 e. The quantitative estimate of drug-likeness (QED) is 0.412. The van der Waals surface area contributed by atoms with Gasteiger partial charge in [0.2, 0.25) is 0 Å². The second-order valence-electron chi connectivity index (χ2n) is 8.45. The molecule has 0 unspecified atom stereocenters. The maximum atomic E-state index is 13.0. The first-order valence-electron chi connectivity index (χ1n) is 11.8. The number of benzene rings is 3. The number of rotatable bonds is 9. The molecule has 3 aromatic carbocycles. The Morgan fingerprint density at radius 3 is 2.35 bits per heavy atom. The summed E-state index contributed by atoms with van der Waals surface area (Å²) < 4.78 is 5.12. The van der Waals surface area contributed by atoms with Gasteiger partial charge in [-0.1, -0.05) is 72.3 Å². The van der Waals surface area contributed by atoms with Crippen molar-refractivity contribution in [2.75, 3.05) is 13.2 Å². The van der Waals surface area contributed by atoms with Crippen LogP contribution in [0.5, 0.6) is 0 Å². The van der Waals surface area contributed by atoms with Gasteiger partial charge in [0.15, 0.2) is 0 Å². The molecule has 0 aliphatic rings. The molecule has 0 bridgehead atoms. The monoisotopic (exact) mass is 458 g/mol. The topological polar surface area (TPSA) is 58.6 Å². The van der Waals surface area contributed by atoms with E-state index < -0.39 is 0 Å². The molecule has 0 saturated carbocycles. The molecule has 0 heterocycles. The van der Waals surface area contributed by atoms with Gasteiger partial charge >= 0.3 is 12.0 Å². The van der Waals surface area contributed by atoms with Gasteiger partial charge in [0.1, 0.15) is 0 Å². The highest BCUT2D eigenvalue weighted by Gasteiger charge is 2.16. The second-order valence-corrected chi connectivity index (χ2v) is 8.45. The van der Waals surface area contributed by atoms with E-state index in [1.807, 2.05) is 61.2 Å². The number of nitrogens with one attached hydrogen (secondary N) is 1. The molecule has 178 valence electrons. The molecular weight excluding hydrogens is 424 g/mol. The Labute approximate surface area is 202 Å². The average molecular weight is 459 g/mol. The fraction of sp³-hybridized carbons (Fsp3) is 0.310. The fourth-order valence-corrected chi connectivity index (χ4v) is 3.98. The summed E-state index contributed by atoms with van der Waals surface area (Å²) in [6.45, 7) is 9.88. The minimum absolute atomic E-state index is 0.0911. The standard InChI is InChI=1S/C29H34N2O3/c1-5-31(29(33)30-19-23-10-8-7-9-11-23)20-25-16-21(3)12-15-26(25)27-17-24(14-13-22(27)4)18-28(32)34-6-2/h7-17H,5-6,18-20H2,1-4H3,(H,30,33). The summed E-state index contributed by atoms with van der Waals surface area (Å²) in [6.07, 6.45) is 0.241. The number of carbonyl (C=O) groups is 2. The number of hydrogen-bond donors (Lipinski definition) is 1. The highest BCUT2D eigenvalue weighted by molar-refractivity contribution is 5.77. The summed E-state index contributed by atoms with van der Waals surface area (Å²) in [4.78, 5) is 26.8. The van der Waals surface area contributed by atoms with Gasteiger partial charge in [-0.15, -0.1) is 0 Å². The van der Waals surface area contributed by atoms with E-state index in [4.69, 9.17) is 4.74 Å². The van der Waals surface area contributed by atoms with Crippen LogP contribution in [-0.2, 0) is 29.0 Å². The zero-order chi connectivity index (χ0) is 24.5. The zero-order valence-electron chi connectivity index (χ0n) is 20.6. The van der Waals surface area contributed by atoms with Crippen LogP contribution in [0.25, 0.3) is 11.1 Å². The smallest absolute Gasteiger partial charge is 0.317 e. The van der Waals surface area contributed by atoms with E-state index in [0.29, 0.717) is 26.2 Å². The van der Waals surface area contributed by atoms with Crippen molar-refractivity contribution in [1.29, 1.82) is 0 Å². The van der Waals surface area contributed by atoms with Gasteiger partial charge in [-0.25, -0.2) is 4.79 Å². The fourth-order valence-electron chi connectivity index (χ4n) is 3.98. The lowest BCUT2D eigenvalue weighted by Crippen LogP contribution is -2.39. The number of hydrogen-bond acceptors (Lipinski definition) is 3. The SMILES string of the molecule is CCOC(=O)Cc1ccc(C)c(-c2ccc(C)cc2CN(CC)C(=O)NCc2ccccc2)c1. The number of carbonyl (C=O) groups excluding carboxylic acids is 2. The Morgan fingerprint density at radius 1 is 0.882 bits per heavy atom. The Morgan fingerprint density at radius 2 is 1.65 bits per heavy atom. The van der Waals surface area contributed by atoms with Crippen molar-refractivity contribution in [1.82, 2.24) is 10.2 Å². The van der Waals surface area contributed by atoms with Gasteiger partial charge in [0.05, 0.1) is 13.0 Å². The molecular formula is C29H34N2O3. The number of esters is 1. The predicted molar refractivity (Wildman–Crippen MR) is 136 cm³/mol. The number of nitrogens with zero attached hydrogens (tertiary/aromatic N) is 1. The summed E-state index contributed by atoms with van der Waals surface area (Å²) in [7, 11) is 0. The summed E-state index contributed by atoms with van der Waals surface area (Å²) in [5, 5.41) is 3.03. The van der Waals surface area contributed by atoms with Crippen molar-refractivity contribution < 1.29 is 14.3 Å². The third kappa shape index (κ3) is 6.70. The third-order valence-corrected chi connectivity index (χ3v) is 5.82. The number of urea groups is 1. The van der Waals surface area contributed by atoms with Gasteiger partial charge < -0.3 is 15.0 Å². The molecule has 5 nitrogen and oxygen atoms in total. The molecule has 0 aliphatic carbocycles. The average Bonchev–Trinajstić information content (AvgIpc) is 2.83. The first-order chi connectivity index (χ1) is 16.4. The lowest BCUT2D eigenvalue weighted by molar-refractivity contribution is -0.142. The van der Waals surface area contributed by atoms with Gasteiger partial charge in [0.25, 0.3) is 0 Å². The van der Waals surface area contributed by atoms with Crippen LogP contribution < -0.4 is 5.32 Å². The maximum Gasteiger partial charge on any atom is 0.317 e. The van der Waals surface area contributed by atoms with Gasteiger partial charge in [-0.05, 0) is 61.1 Å². The van der Waals surface area contributed by atoms with E-state index in [-0.39, 0.29) is 18.4 Å². The van der Waals surface area contributed by atoms with E-state index >= 15 is 0 Å². The number of aryl methyl sites for hydroxylation is 2. The van der Waals surface area contributed by atoms with Crippen LogP contribution >= 0.6 is 0 Å². The Kier molecular flexibility index (Phi) is 8.86. The van der Waals surface area contributed by atoms with E-state index in [2.05, 4.69) is 43.4 Å². The van der Waals surface area contributed by atoms with Gasteiger partial charge in [0, 0.05) is 19.6 Å². The van der Waals surface area contributed by atoms with Crippen molar-refractivity contribution in [3.8, 4) is 11.1 Å². The molecule has 0 atom stereocenters. The van der Waals surface area contributed by atoms with Crippen molar-refractivity contribution in [2.45, 2.75) is 47.2 Å². The lowest BCUT2D eigenvalue weighted by Gasteiger charge is -2.24. The normalized spacial score (nSPS) is 10.6. The van der Waals surface area contributed by atoms with Crippen LogP contribution in [0.1, 0.15) is 41.7 Å². The summed E-state index contributed by atoms with van der Waals surface area (Å²) in [5.74, 6) is -0.228. The highest BCUT2D eigenvalue weighted by Crippen LogP contribution is 2.30. The zero-order valence-corrected chi connectivity index (χ0v) is 20.6. The minimum atomic E-state index is -0.228. The molecule has 0 fully saturated rings. The van der Waals surface area contributed by atoms with Gasteiger partial charge in [-0.3, -0.25) is 4.79 Å². The van der Waals surface area contributed by atoms with Crippen LogP contribution in [-0.4, -0.2) is 30.1 Å². The van der Waals surface area contributed by atoms with Crippen molar-refractivity contribution in [3.63, 3.8) is 0 Å². The number of ether oxygens (including phenoxy) is 1. The molecule has 5 heteroatoms. The first kappa shape index (κ1) is 25.0. The Bertz CT molecular complexity index is 1130. The molecule has 0 aliphatic heterocycles. The van der Waals surface area contributed by atoms with Crippen molar-refractivity contribution in [2.24, 2.45) is 0 Å². The lowest BCUT2D eigenvalue weighted by atomic mass is 9.92.